The maximum Gasteiger partial charge on any atom is 0.191 e. The van der Waals surface area contributed by atoms with E-state index in [-0.39, 0.29) is 0 Å². The summed E-state index contributed by atoms with van der Waals surface area (Å²) in [5, 5.41) is 6.74. The summed E-state index contributed by atoms with van der Waals surface area (Å²) < 4.78 is 10.6. The van der Waals surface area contributed by atoms with Crippen molar-refractivity contribution >= 4 is 17.7 Å². The zero-order valence-electron chi connectivity index (χ0n) is 16.5. The second-order valence-electron chi connectivity index (χ2n) is 6.22. The zero-order chi connectivity index (χ0) is 19.5. The van der Waals surface area contributed by atoms with Gasteiger partial charge in [0.2, 0.25) is 0 Å². The van der Waals surface area contributed by atoms with E-state index in [1.807, 2.05) is 54.2 Å². The molecule has 0 amide bonds. The zero-order valence-corrected chi connectivity index (χ0v) is 17.3. The summed E-state index contributed by atoms with van der Waals surface area (Å²) in [6.45, 7) is 3.80. The lowest BCUT2D eigenvalue weighted by molar-refractivity contribution is 0.405. The Hall–Kier alpha value is -2.34. The summed E-state index contributed by atoms with van der Waals surface area (Å²) >= 11 is 1.82. The number of nitrogens with one attached hydrogen (secondary N) is 2. The molecular weight excluding hydrogens is 358 g/mol. The fourth-order valence-electron chi connectivity index (χ4n) is 2.45. The van der Waals surface area contributed by atoms with Gasteiger partial charge in [-0.05, 0) is 35.7 Å². The first-order valence-corrected chi connectivity index (χ1v) is 9.98. The van der Waals surface area contributed by atoms with Crippen LogP contribution in [0, 0.1) is 5.92 Å². The molecule has 6 heteroatoms. The highest BCUT2D eigenvalue weighted by Gasteiger charge is 2.08. The molecule has 0 bridgehead atoms. The summed E-state index contributed by atoms with van der Waals surface area (Å²) in [7, 11) is 5.17. The molecule has 2 aromatic carbocycles. The van der Waals surface area contributed by atoms with Crippen molar-refractivity contribution in [3.05, 3.63) is 54.1 Å². The van der Waals surface area contributed by atoms with Crippen LogP contribution in [0.25, 0.3) is 0 Å². The molecular formula is C21H29N3O2S. The first kappa shape index (κ1) is 21.0. The van der Waals surface area contributed by atoms with Gasteiger partial charge >= 0.3 is 0 Å². The highest BCUT2D eigenvalue weighted by molar-refractivity contribution is 7.99. The van der Waals surface area contributed by atoms with Crippen LogP contribution < -0.4 is 20.1 Å². The van der Waals surface area contributed by atoms with Gasteiger partial charge in [-0.2, -0.15) is 0 Å². The maximum absolute atomic E-state index is 5.41. The van der Waals surface area contributed by atoms with Gasteiger partial charge in [0.05, 0.1) is 14.2 Å². The highest BCUT2D eigenvalue weighted by Crippen LogP contribution is 2.29. The molecule has 0 fully saturated rings. The standard InChI is InChI=1S/C21H29N3O2S/c1-16(15-27-20-8-6-5-7-19(20)26-4)13-23-21(22-2)24-14-17-9-11-18(25-3)12-10-17/h5-12,16H,13-15H2,1-4H3,(H2,22,23,24). The Morgan fingerprint density at radius 1 is 1.04 bits per heavy atom. The Bertz CT molecular complexity index is 720. The third kappa shape index (κ3) is 7.06. The average Bonchev–Trinajstić information content (AvgIpc) is 2.72. The molecule has 1 unspecified atom stereocenters. The van der Waals surface area contributed by atoms with E-state index in [4.69, 9.17) is 9.47 Å². The number of nitrogens with zero attached hydrogens (tertiary/aromatic N) is 1. The van der Waals surface area contributed by atoms with Gasteiger partial charge in [0, 0.05) is 30.8 Å². The molecule has 0 aliphatic rings. The van der Waals surface area contributed by atoms with Crippen molar-refractivity contribution in [3.63, 3.8) is 0 Å². The van der Waals surface area contributed by atoms with Crippen molar-refractivity contribution < 1.29 is 9.47 Å². The summed E-state index contributed by atoms with van der Waals surface area (Å²) in [4.78, 5) is 5.47. The SMILES string of the molecule is CN=C(NCc1ccc(OC)cc1)NCC(C)CSc1ccccc1OC. The van der Waals surface area contributed by atoms with Crippen molar-refractivity contribution in [2.24, 2.45) is 10.9 Å². The Labute approximate surface area is 166 Å². The molecule has 0 saturated heterocycles. The molecule has 2 rings (SSSR count). The second-order valence-corrected chi connectivity index (χ2v) is 7.28. The topological polar surface area (TPSA) is 54.9 Å². The van der Waals surface area contributed by atoms with Crippen LogP contribution in [-0.4, -0.2) is 39.5 Å². The Balaban J connectivity index is 1.74. The van der Waals surface area contributed by atoms with Gasteiger partial charge in [0.15, 0.2) is 5.96 Å². The van der Waals surface area contributed by atoms with Crippen LogP contribution >= 0.6 is 11.8 Å². The van der Waals surface area contributed by atoms with E-state index < -0.39 is 0 Å². The molecule has 0 aliphatic carbocycles. The number of rotatable bonds is 9. The van der Waals surface area contributed by atoms with Crippen LogP contribution in [0.4, 0.5) is 0 Å². The lowest BCUT2D eigenvalue weighted by Gasteiger charge is -2.16. The summed E-state index contributed by atoms with van der Waals surface area (Å²) in [5.41, 5.74) is 1.18. The van der Waals surface area contributed by atoms with E-state index >= 15 is 0 Å². The van der Waals surface area contributed by atoms with E-state index in [1.165, 1.54) is 10.5 Å². The number of benzene rings is 2. The van der Waals surface area contributed by atoms with Crippen LogP contribution in [0.2, 0.25) is 0 Å². The first-order valence-electron chi connectivity index (χ1n) is 8.99. The number of aliphatic imine (C=N–C) groups is 1. The van der Waals surface area contributed by atoms with Gasteiger partial charge in [-0.1, -0.05) is 31.2 Å². The number of hydrogen-bond acceptors (Lipinski definition) is 4. The van der Waals surface area contributed by atoms with Gasteiger partial charge in [-0.3, -0.25) is 4.99 Å². The molecule has 2 aromatic rings. The van der Waals surface area contributed by atoms with E-state index in [2.05, 4.69) is 28.6 Å². The second kappa shape index (κ2) is 11.4. The van der Waals surface area contributed by atoms with Crippen molar-refractivity contribution in [2.45, 2.75) is 18.4 Å². The fourth-order valence-corrected chi connectivity index (χ4v) is 3.50. The molecule has 1 atom stereocenters. The molecule has 0 aliphatic heterocycles. The molecule has 0 radical (unpaired) electrons. The van der Waals surface area contributed by atoms with Crippen LogP contribution in [-0.2, 0) is 6.54 Å². The quantitative estimate of drug-likeness (QED) is 0.389. The van der Waals surface area contributed by atoms with Crippen molar-refractivity contribution in [3.8, 4) is 11.5 Å². The van der Waals surface area contributed by atoms with E-state index in [1.54, 1.807) is 21.3 Å². The third-order valence-corrected chi connectivity index (χ3v) is 5.44. The van der Waals surface area contributed by atoms with Crippen molar-refractivity contribution in [1.29, 1.82) is 0 Å². The van der Waals surface area contributed by atoms with E-state index in [9.17, 15) is 0 Å². The molecule has 27 heavy (non-hydrogen) atoms. The molecule has 5 nitrogen and oxygen atoms in total. The lowest BCUT2D eigenvalue weighted by atomic mass is 10.2. The summed E-state index contributed by atoms with van der Waals surface area (Å²) in [5.74, 6) is 4.09. The normalized spacial score (nSPS) is 12.4. The summed E-state index contributed by atoms with van der Waals surface area (Å²) in [6, 6.07) is 16.1. The smallest absolute Gasteiger partial charge is 0.191 e. The fraction of sp³-hybridized carbons (Fsp3) is 0.381. The Kier molecular flexibility index (Phi) is 8.84. The Morgan fingerprint density at radius 2 is 1.78 bits per heavy atom. The van der Waals surface area contributed by atoms with Gasteiger partial charge in [-0.15, -0.1) is 11.8 Å². The van der Waals surface area contributed by atoms with Gasteiger partial charge in [0.25, 0.3) is 0 Å². The minimum Gasteiger partial charge on any atom is -0.497 e. The van der Waals surface area contributed by atoms with Crippen LogP contribution in [0.15, 0.2) is 58.4 Å². The predicted molar refractivity (Wildman–Crippen MR) is 114 cm³/mol. The molecule has 0 heterocycles. The number of thioether (sulfide) groups is 1. The van der Waals surface area contributed by atoms with Crippen molar-refractivity contribution in [1.82, 2.24) is 10.6 Å². The number of guanidine groups is 1. The van der Waals surface area contributed by atoms with Crippen molar-refractivity contribution in [2.75, 3.05) is 33.6 Å². The molecule has 146 valence electrons. The summed E-state index contributed by atoms with van der Waals surface area (Å²) in [6.07, 6.45) is 0. The maximum atomic E-state index is 5.41. The monoisotopic (exact) mass is 387 g/mol. The first-order chi connectivity index (χ1) is 13.2. The van der Waals surface area contributed by atoms with E-state index in [0.717, 1.165) is 29.8 Å². The number of ether oxygens (including phenoxy) is 2. The van der Waals surface area contributed by atoms with Crippen LogP contribution in [0.1, 0.15) is 12.5 Å². The predicted octanol–water partition coefficient (Wildman–Crippen LogP) is 3.80. The Morgan fingerprint density at radius 3 is 2.44 bits per heavy atom. The minimum atomic E-state index is 0.486. The minimum absolute atomic E-state index is 0.486. The number of hydrogen-bond donors (Lipinski definition) is 2. The molecule has 0 spiro atoms. The van der Waals surface area contributed by atoms with Gasteiger partial charge in [-0.25, -0.2) is 0 Å². The average molecular weight is 388 g/mol. The third-order valence-electron chi connectivity index (χ3n) is 4.05. The molecule has 0 saturated carbocycles. The highest BCUT2D eigenvalue weighted by atomic mass is 32.2. The van der Waals surface area contributed by atoms with Crippen LogP contribution in [0.3, 0.4) is 0 Å². The lowest BCUT2D eigenvalue weighted by Crippen LogP contribution is -2.39. The van der Waals surface area contributed by atoms with Crippen LogP contribution in [0.5, 0.6) is 11.5 Å². The number of para-hydroxylation sites is 1. The van der Waals surface area contributed by atoms with E-state index in [0.29, 0.717) is 12.5 Å². The molecule has 2 N–H and O–H groups in total. The molecule has 0 aromatic heterocycles. The largest absolute Gasteiger partial charge is 0.497 e. The van der Waals surface area contributed by atoms with Gasteiger partial charge < -0.3 is 20.1 Å². The van der Waals surface area contributed by atoms with Gasteiger partial charge in [0.1, 0.15) is 11.5 Å². The number of methoxy groups -OCH3 is 2.